The van der Waals surface area contributed by atoms with Crippen molar-refractivity contribution in [1.82, 2.24) is 0 Å². The molecule has 0 radical (unpaired) electrons. The molecule has 0 aromatic rings. The summed E-state index contributed by atoms with van der Waals surface area (Å²) in [6.45, 7) is 13.6. The number of carbonyl (C=O) groups is 2. The normalized spacial score (nSPS) is 21.0. The van der Waals surface area contributed by atoms with E-state index in [0.717, 1.165) is 18.4 Å². The molecule has 0 bridgehead atoms. The second kappa shape index (κ2) is 5.44. The molecule has 2 nitrogen and oxygen atoms in total. The van der Waals surface area contributed by atoms with Crippen molar-refractivity contribution in [3.8, 4) is 0 Å². The van der Waals surface area contributed by atoms with Crippen LogP contribution in [0, 0.1) is 16.7 Å². The van der Waals surface area contributed by atoms with Crippen LogP contribution in [0.3, 0.4) is 0 Å². The van der Waals surface area contributed by atoms with Gasteiger partial charge in [0.05, 0.1) is 0 Å². The predicted molar refractivity (Wildman–Crippen MR) is 78.9 cm³/mol. The van der Waals surface area contributed by atoms with E-state index in [2.05, 4.69) is 27.4 Å². The molecule has 19 heavy (non-hydrogen) atoms. The van der Waals surface area contributed by atoms with E-state index < -0.39 is 5.41 Å². The maximum Gasteiger partial charge on any atom is 0.162 e. The molecule has 0 saturated heterocycles. The molecule has 1 atom stereocenters. The Kier molecular flexibility index (Phi) is 4.54. The van der Waals surface area contributed by atoms with E-state index in [1.54, 1.807) is 0 Å². The van der Waals surface area contributed by atoms with Gasteiger partial charge in [0.1, 0.15) is 0 Å². The fraction of sp³-hybridized carbons (Fsp3) is 0.647. The highest BCUT2D eigenvalue weighted by Gasteiger charge is 2.37. The van der Waals surface area contributed by atoms with E-state index >= 15 is 0 Å². The van der Waals surface area contributed by atoms with Gasteiger partial charge in [-0.3, -0.25) is 9.59 Å². The predicted octanol–water partition coefficient (Wildman–Crippen LogP) is 4.11. The molecule has 0 amide bonds. The number of ketones is 2. The van der Waals surface area contributed by atoms with Gasteiger partial charge in [-0.15, -0.1) is 0 Å². The molecule has 0 N–H and O–H groups in total. The average molecular weight is 262 g/mol. The summed E-state index contributed by atoms with van der Waals surface area (Å²) in [5.41, 5.74) is 0.276. The summed E-state index contributed by atoms with van der Waals surface area (Å²) in [7, 11) is 0. The molecule has 0 aromatic heterocycles. The standard InChI is InChI=1S/C17H26O2/c1-7-14(18)17(5,6)11-12-9-8-10-13(15(12)19)16(2,3)4/h7,9,13H,1,8,10-11H2,2-6H3. The number of rotatable bonds is 4. The van der Waals surface area contributed by atoms with Gasteiger partial charge in [0.15, 0.2) is 11.6 Å². The molecular weight excluding hydrogens is 236 g/mol. The van der Waals surface area contributed by atoms with Crippen molar-refractivity contribution in [2.75, 3.05) is 0 Å². The van der Waals surface area contributed by atoms with Crippen LogP contribution < -0.4 is 0 Å². The molecule has 1 rings (SSSR count). The lowest BCUT2D eigenvalue weighted by molar-refractivity contribution is -0.124. The van der Waals surface area contributed by atoms with Crippen molar-refractivity contribution in [2.24, 2.45) is 16.7 Å². The van der Waals surface area contributed by atoms with Gasteiger partial charge < -0.3 is 0 Å². The minimum atomic E-state index is -0.539. The van der Waals surface area contributed by atoms with E-state index in [1.807, 2.05) is 19.9 Å². The summed E-state index contributed by atoms with van der Waals surface area (Å²) in [5, 5.41) is 0. The first-order valence-corrected chi connectivity index (χ1v) is 6.99. The second-order valence-electron chi connectivity index (χ2n) is 7.22. The Labute approximate surface area is 117 Å². The van der Waals surface area contributed by atoms with E-state index in [0.29, 0.717) is 6.42 Å². The number of hydrogen-bond acceptors (Lipinski definition) is 2. The van der Waals surface area contributed by atoms with Crippen LogP contribution in [-0.2, 0) is 9.59 Å². The molecule has 0 spiro atoms. The molecule has 0 aromatic carbocycles. The Hall–Kier alpha value is -1.18. The minimum absolute atomic E-state index is 0.000850. The number of allylic oxidation sites excluding steroid dienone is 3. The minimum Gasteiger partial charge on any atom is -0.294 e. The van der Waals surface area contributed by atoms with Gasteiger partial charge in [0.25, 0.3) is 0 Å². The third-order valence-corrected chi connectivity index (χ3v) is 4.01. The molecule has 0 saturated carbocycles. The van der Waals surface area contributed by atoms with Crippen molar-refractivity contribution >= 4 is 11.6 Å². The second-order valence-corrected chi connectivity index (χ2v) is 7.22. The first kappa shape index (κ1) is 15.9. The Balaban J connectivity index is 2.91. The summed E-state index contributed by atoms with van der Waals surface area (Å²) in [4.78, 5) is 24.4. The van der Waals surface area contributed by atoms with Gasteiger partial charge in [-0.2, -0.15) is 0 Å². The zero-order valence-electron chi connectivity index (χ0n) is 12.9. The van der Waals surface area contributed by atoms with E-state index in [1.165, 1.54) is 6.08 Å². The number of carbonyl (C=O) groups excluding carboxylic acids is 2. The van der Waals surface area contributed by atoms with Crippen molar-refractivity contribution in [2.45, 2.75) is 53.9 Å². The van der Waals surface area contributed by atoms with Crippen LogP contribution in [-0.4, -0.2) is 11.6 Å². The highest BCUT2D eigenvalue weighted by molar-refractivity contribution is 6.00. The summed E-state index contributed by atoms with van der Waals surface area (Å²) in [6.07, 6.45) is 5.74. The average Bonchev–Trinajstić information content (AvgIpc) is 2.29. The largest absolute Gasteiger partial charge is 0.294 e. The van der Waals surface area contributed by atoms with Crippen LogP contribution in [0.15, 0.2) is 24.3 Å². The van der Waals surface area contributed by atoms with E-state index in [9.17, 15) is 9.59 Å². The lowest BCUT2D eigenvalue weighted by atomic mass is 9.69. The fourth-order valence-electron chi connectivity index (χ4n) is 2.70. The van der Waals surface area contributed by atoms with Crippen molar-refractivity contribution in [1.29, 1.82) is 0 Å². The van der Waals surface area contributed by atoms with Crippen LogP contribution >= 0.6 is 0 Å². The summed E-state index contributed by atoms with van der Waals surface area (Å²) < 4.78 is 0. The topological polar surface area (TPSA) is 34.1 Å². The SMILES string of the molecule is C=CC(=O)C(C)(C)CC1=CCCC(C(C)(C)C)C1=O. The molecule has 0 fully saturated rings. The zero-order valence-corrected chi connectivity index (χ0v) is 12.9. The molecule has 106 valence electrons. The number of Topliss-reactive ketones (excluding diaryl/α,β-unsaturated/α-hetero) is 1. The fourth-order valence-corrected chi connectivity index (χ4v) is 2.70. The van der Waals surface area contributed by atoms with Crippen molar-refractivity contribution in [3.05, 3.63) is 24.3 Å². The maximum atomic E-state index is 12.6. The monoisotopic (exact) mass is 262 g/mol. The Bertz CT molecular complexity index is 419. The van der Waals surface area contributed by atoms with Crippen LogP contribution in [0.5, 0.6) is 0 Å². The van der Waals surface area contributed by atoms with E-state index in [-0.39, 0.29) is 22.9 Å². The Morgan fingerprint density at radius 3 is 2.42 bits per heavy atom. The number of hydrogen-bond donors (Lipinski definition) is 0. The zero-order chi connectivity index (χ0) is 14.8. The summed E-state index contributed by atoms with van der Waals surface area (Å²) in [6, 6.07) is 0. The molecule has 1 aliphatic rings. The van der Waals surface area contributed by atoms with Gasteiger partial charge in [0, 0.05) is 11.3 Å². The highest BCUT2D eigenvalue weighted by Crippen LogP contribution is 2.39. The summed E-state index contributed by atoms with van der Waals surface area (Å²) >= 11 is 0. The van der Waals surface area contributed by atoms with Crippen molar-refractivity contribution < 1.29 is 9.59 Å². The van der Waals surface area contributed by atoms with Crippen LogP contribution in [0.4, 0.5) is 0 Å². The van der Waals surface area contributed by atoms with Crippen molar-refractivity contribution in [3.63, 3.8) is 0 Å². The Morgan fingerprint density at radius 2 is 1.95 bits per heavy atom. The molecule has 2 heteroatoms. The molecule has 1 unspecified atom stereocenters. The van der Waals surface area contributed by atoms with Crippen LogP contribution in [0.2, 0.25) is 0 Å². The first-order valence-electron chi connectivity index (χ1n) is 6.99. The van der Waals surface area contributed by atoms with Gasteiger partial charge in [0.2, 0.25) is 0 Å². The smallest absolute Gasteiger partial charge is 0.162 e. The third kappa shape index (κ3) is 3.65. The lowest BCUT2D eigenvalue weighted by Gasteiger charge is -2.34. The van der Waals surface area contributed by atoms with Gasteiger partial charge >= 0.3 is 0 Å². The molecule has 0 aliphatic heterocycles. The first-order chi connectivity index (χ1) is 8.59. The molecule has 0 heterocycles. The Morgan fingerprint density at radius 1 is 1.37 bits per heavy atom. The van der Waals surface area contributed by atoms with Gasteiger partial charge in [-0.05, 0) is 36.3 Å². The quantitative estimate of drug-likeness (QED) is 0.714. The third-order valence-electron chi connectivity index (χ3n) is 4.01. The van der Waals surface area contributed by atoms with Crippen LogP contribution in [0.1, 0.15) is 53.9 Å². The van der Waals surface area contributed by atoms with Gasteiger partial charge in [-0.1, -0.05) is 47.3 Å². The summed E-state index contributed by atoms with van der Waals surface area (Å²) in [5.74, 6) is 0.296. The van der Waals surface area contributed by atoms with Gasteiger partial charge in [-0.25, -0.2) is 0 Å². The maximum absolute atomic E-state index is 12.6. The molecular formula is C17H26O2. The van der Waals surface area contributed by atoms with Crippen LogP contribution in [0.25, 0.3) is 0 Å². The highest BCUT2D eigenvalue weighted by atomic mass is 16.1. The lowest BCUT2D eigenvalue weighted by Crippen LogP contribution is -2.34. The molecule has 1 aliphatic carbocycles. The van der Waals surface area contributed by atoms with E-state index in [4.69, 9.17) is 0 Å².